The van der Waals surface area contributed by atoms with Crippen LogP contribution in [0, 0.1) is 5.41 Å². The second-order valence-electron chi connectivity index (χ2n) is 7.35. The number of benzene rings is 2. The summed E-state index contributed by atoms with van der Waals surface area (Å²) in [5, 5.41) is 15.4. The lowest BCUT2D eigenvalue weighted by atomic mass is 9.80. The molecule has 3 heteroatoms. The summed E-state index contributed by atoms with van der Waals surface area (Å²) in [7, 11) is 0. The number of hydrogen-bond acceptors (Lipinski definition) is 3. The standard InChI is InChI=1S/C19H26N2O/c1-19(2,3)18(21-10-8-20-9-11-21)16-5-4-15-13-17(22)7-6-14(15)12-16/h4-7,12-13,18,20,22H,8-11H2,1-3H3/t18-/m0/s1. The summed E-state index contributed by atoms with van der Waals surface area (Å²) >= 11 is 0. The van der Waals surface area contributed by atoms with Gasteiger partial charge in [0.05, 0.1) is 0 Å². The number of phenolic OH excluding ortho intramolecular Hbond substituents is 1. The summed E-state index contributed by atoms with van der Waals surface area (Å²) in [6.45, 7) is 11.3. The molecule has 1 heterocycles. The molecule has 0 unspecified atom stereocenters. The third kappa shape index (κ3) is 3.11. The van der Waals surface area contributed by atoms with Gasteiger partial charge in [0.2, 0.25) is 0 Å². The maximum Gasteiger partial charge on any atom is 0.116 e. The van der Waals surface area contributed by atoms with Gasteiger partial charge in [-0.3, -0.25) is 4.90 Å². The predicted molar refractivity (Wildman–Crippen MR) is 92.3 cm³/mol. The van der Waals surface area contributed by atoms with E-state index in [1.54, 1.807) is 6.07 Å². The van der Waals surface area contributed by atoms with E-state index in [0.29, 0.717) is 11.8 Å². The lowest BCUT2D eigenvalue weighted by Crippen LogP contribution is -2.48. The van der Waals surface area contributed by atoms with Crippen molar-refractivity contribution < 1.29 is 5.11 Å². The van der Waals surface area contributed by atoms with E-state index in [9.17, 15) is 5.11 Å². The van der Waals surface area contributed by atoms with Crippen LogP contribution in [-0.2, 0) is 0 Å². The molecule has 2 N–H and O–H groups in total. The van der Waals surface area contributed by atoms with Crippen molar-refractivity contribution in [2.75, 3.05) is 26.2 Å². The molecule has 0 bridgehead atoms. The summed E-state index contributed by atoms with van der Waals surface area (Å²) in [6, 6.07) is 12.6. The third-order valence-corrected chi connectivity index (χ3v) is 4.50. The Hall–Kier alpha value is -1.58. The van der Waals surface area contributed by atoms with Crippen molar-refractivity contribution in [3.05, 3.63) is 42.0 Å². The fraction of sp³-hybridized carbons (Fsp3) is 0.474. The number of fused-ring (bicyclic) bond motifs is 1. The maximum absolute atomic E-state index is 9.63. The first kappa shape index (κ1) is 15.3. The molecule has 0 aromatic heterocycles. The summed E-state index contributed by atoms with van der Waals surface area (Å²) in [5.74, 6) is 0.328. The minimum Gasteiger partial charge on any atom is -0.508 e. The van der Waals surface area contributed by atoms with Gasteiger partial charge in [0, 0.05) is 32.2 Å². The van der Waals surface area contributed by atoms with Gasteiger partial charge in [0.1, 0.15) is 5.75 Å². The van der Waals surface area contributed by atoms with Gasteiger partial charge in [-0.15, -0.1) is 0 Å². The summed E-state index contributed by atoms with van der Waals surface area (Å²) in [6.07, 6.45) is 0. The van der Waals surface area contributed by atoms with Crippen LogP contribution in [0.1, 0.15) is 32.4 Å². The number of nitrogens with one attached hydrogen (secondary N) is 1. The first-order valence-corrected chi connectivity index (χ1v) is 8.12. The number of hydrogen-bond donors (Lipinski definition) is 2. The van der Waals surface area contributed by atoms with Crippen molar-refractivity contribution in [3.8, 4) is 5.75 Å². The van der Waals surface area contributed by atoms with Crippen molar-refractivity contribution >= 4 is 10.8 Å². The Morgan fingerprint density at radius 3 is 2.32 bits per heavy atom. The molecule has 0 aliphatic carbocycles. The van der Waals surface area contributed by atoms with Crippen LogP contribution in [0.25, 0.3) is 10.8 Å². The molecule has 1 atom stereocenters. The summed E-state index contributed by atoms with van der Waals surface area (Å²) < 4.78 is 0. The molecule has 2 aromatic rings. The molecule has 0 saturated carbocycles. The Bertz CT molecular complexity index is 654. The van der Waals surface area contributed by atoms with Crippen molar-refractivity contribution in [1.82, 2.24) is 10.2 Å². The van der Waals surface area contributed by atoms with E-state index in [1.165, 1.54) is 10.9 Å². The molecule has 3 nitrogen and oxygen atoms in total. The molecular weight excluding hydrogens is 272 g/mol. The van der Waals surface area contributed by atoms with Crippen LogP contribution >= 0.6 is 0 Å². The fourth-order valence-electron chi connectivity index (χ4n) is 3.62. The molecule has 1 aliphatic heterocycles. The van der Waals surface area contributed by atoms with Gasteiger partial charge in [0.25, 0.3) is 0 Å². The van der Waals surface area contributed by atoms with Crippen LogP contribution < -0.4 is 5.32 Å². The lowest BCUT2D eigenvalue weighted by molar-refractivity contribution is 0.0863. The largest absolute Gasteiger partial charge is 0.508 e. The minimum absolute atomic E-state index is 0.182. The zero-order chi connectivity index (χ0) is 15.7. The highest BCUT2D eigenvalue weighted by Gasteiger charge is 2.32. The Morgan fingerprint density at radius 2 is 1.64 bits per heavy atom. The predicted octanol–water partition coefficient (Wildman–Crippen LogP) is 3.54. The normalized spacial score (nSPS) is 18.5. The van der Waals surface area contributed by atoms with Crippen molar-refractivity contribution in [2.24, 2.45) is 5.41 Å². The van der Waals surface area contributed by atoms with Gasteiger partial charge in [-0.25, -0.2) is 0 Å². The minimum atomic E-state index is 0.182. The van der Waals surface area contributed by atoms with Gasteiger partial charge >= 0.3 is 0 Å². The van der Waals surface area contributed by atoms with E-state index in [0.717, 1.165) is 31.6 Å². The Labute approximate surface area is 132 Å². The van der Waals surface area contributed by atoms with E-state index in [1.807, 2.05) is 12.1 Å². The highest BCUT2D eigenvalue weighted by molar-refractivity contribution is 5.84. The highest BCUT2D eigenvalue weighted by atomic mass is 16.3. The highest BCUT2D eigenvalue weighted by Crippen LogP contribution is 2.39. The lowest BCUT2D eigenvalue weighted by Gasteiger charge is -2.42. The van der Waals surface area contributed by atoms with Crippen molar-refractivity contribution in [3.63, 3.8) is 0 Å². The van der Waals surface area contributed by atoms with Gasteiger partial charge < -0.3 is 10.4 Å². The van der Waals surface area contributed by atoms with Crippen molar-refractivity contribution in [1.29, 1.82) is 0 Å². The van der Waals surface area contributed by atoms with E-state index >= 15 is 0 Å². The van der Waals surface area contributed by atoms with E-state index in [2.05, 4.69) is 49.2 Å². The zero-order valence-electron chi connectivity index (χ0n) is 13.8. The molecule has 1 aliphatic rings. The first-order chi connectivity index (χ1) is 10.4. The fourth-order valence-corrected chi connectivity index (χ4v) is 3.62. The second kappa shape index (κ2) is 5.90. The van der Waals surface area contributed by atoms with Gasteiger partial charge in [0.15, 0.2) is 0 Å². The average molecular weight is 298 g/mol. The third-order valence-electron chi connectivity index (χ3n) is 4.50. The monoisotopic (exact) mass is 298 g/mol. The van der Waals surface area contributed by atoms with E-state index in [-0.39, 0.29) is 5.41 Å². The van der Waals surface area contributed by atoms with E-state index in [4.69, 9.17) is 0 Å². The SMILES string of the molecule is CC(C)(C)[C@H](c1ccc2cc(O)ccc2c1)N1CCNCC1. The van der Waals surface area contributed by atoms with Crippen LogP contribution in [0.3, 0.4) is 0 Å². The number of rotatable bonds is 2. The Kier molecular flexibility index (Phi) is 4.11. The molecule has 0 amide bonds. The summed E-state index contributed by atoms with van der Waals surface area (Å²) in [4.78, 5) is 2.60. The molecule has 0 radical (unpaired) electrons. The second-order valence-corrected chi connectivity index (χ2v) is 7.35. The molecule has 118 valence electrons. The van der Waals surface area contributed by atoms with Gasteiger partial charge in [-0.2, -0.15) is 0 Å². The summed E-state index contributed by atoms with van der Waals surface area (Å²) in [5.41, 5.74) is 1.55. The first-order valence-electron chi connectivity index (χ1n) is 8.12. The number of aromatic hydroxyl groups is 1. The van der Waals surface area contributed by atoms with Crippen LogP contribution in [0.2, 0.25) is 0 Å². The number of nitrogens with zero attached hydrogens (tertiary/aromatic N) is 1. The molecule has 1 saturated heterocycles. The maximum atomic E-state index is 9.63. The van der Waals surface area contributed by atoms with Gasteiger partial charge in [-0.05, 0) is 39.9 Å². The topological polar surface area (TPSA) is 35.5 Å². The van der Waals surface area contributed by atoms with Crippen molar-refractivity contribution in [2.45, 2.75) is 26.8 Å². The van der Waals surface area contributed by atoms with E-state index < -0.39 is 0 Å². The Balaban J connectivity index is 2.01. The molecule has 0 spiro atoms. The molecule has 22 heavy (non-hydrogen) atoms. The molecule has 3 rings (SSSR count). The van der Waals surface area contributed by atoms with Crippen LogP contribution in [0.5, 0.6) is 5.75 Å². The Morgan fingerprint density at radius 1 is 1.00 bits per heavy atom. The van der Waals surface area contributed by atoms with Crippen LogP contribution in [0.15, 0.2) is 36.4 Å². The zero-order valence-corrected chi connectivity index (χ0v) is 13.8. The molecular formula is C19H26N2O. The smallest absolute Gasteiger partial charge is 0.116 e. The quantitative estimate of drug-likeness (QED) is 0.890. The average Bonchev–Trinajstić information content (AvgIpc) is 2.47. The van der Waals surface area contributed by atoms with Crippen LogP contribution in [-0.4, -0.2) is 36.2 Å². The number of piperazine rings is 1. The van der Waals surface area contributed by atoms with Crippen LogP contribution in [0.4, 0.5) is 0 Å². The van der Waals surface area contributed by atoms with Gasteiger partial charge in [-0.1, -0.05) is 39.0 Å². The molecule has 1 fully saturated rings. The number of phenols is 1. The molecule has 2 aromatic carbocycles.